The van der Waals surface area contributed by atoms with Crippen LogP contribution in [0, 0.1) is 0 Å². The van der Waals surface area contributed by atoms with Gasteiger partial charge < -0.3 is 20.1 Å². The lowest BCUT2D eigenvalue weighted by Gasteiger charge is -2.11. The number of H-pyrrole nitrogens is 1. The molecular formula is C20H33IN6O2. The fourth-order valence-corrected chi connectivity index (χ4v) is 2.46. The van der Waals surface area contributed by atoms with Gasteiger partial charge in [0.05, 0.1) is 7.11 Å². The van der Waals surface area contributed by atoms with Gasteiger partial charge in [-0.25, -0.2) is 9.98 Å². The Labute approximate surface area is 190 Å². The number of aliphatic imine (C=N–C) groups is 1. The summed E-state index contributed by atoms with van der Waals surface area (Å²) in [6.07, 6.45) is 3.22. The first-order chi connectivity index (χ1) is 13.8. The van der Waals surface area contributed by atoms with Gasteiger partial charge in [0.2, 0.25) is 0 Å². The van der Waals surface area contributed by atoms with Crippen LogP contribution in [0.2, 0.25) is 0 Å². The number of hydrogen-bond acceptors (Lipinski definition) is 5. The lowest BCUT2D eigenvalue weighted by molar-refractivity contribution is 0.129. The molecule has 0 bridgehead atoms. The maximum Gasteiger partial charge on any atom is 0.191 e. The average Bonchev–Trinajstić information content (AvgIpc) is 3.20. The number of aromatic nitrogens is 3. The van der Waals surface area contributed by atoms with Crippen LogP contribution in [0.1, 0.15) is 38.9 Å². The Morgan fingerprint density at radius 1 is 1.10 bits per heavy atom. The number of nitrogens with zero attached hydrogens (tertiary/aromatic N) is 3. The van der Waals surface area contributed by atoms with E-state index in [4.69, 9.17) is 9.47 Å². The van der Waals surface area contributed by atoms with Gasteiger partial charge in [0.1, 0.15) is 18.1 Å². The second-order valence-electron chi connectivity index (χ2n) is 6.28. The summed E-state index contributed by atoms with van der Waals surface area (Å²) in [6, 6.07) is 7.65. The summed E-state index contributed by atoms with van der Waals surface area (Å²) in [6.45, 7) is 7.84. The topological polar surface area (TPSA) is 96.4 Å². The number of hydrogen-bond donors (Lipinski definition) is 3. The molecule has 1 aromatic carbocycles. The van der Waals surface area contributed by atoms with Crippen LogP contribution in [-0.2, 0) is 11.3 Å². The third-order valence-electron chi connectivity index (χ3n) is 4.01. The number of benzene rings is 1. The van der Waals surface area contributed by atoms with Gasteiger partial charge in [0.15, 0.2) is 11.8 Å². The molecule has 0 saturated heterocycles. The normalized spacial score (nSPS) is 11.1. The van der Waals surface area contributed by atoms with E-state index in [0.717, 1.165) is 62.8 Å². The summed E-state index contributed by atoms with van der Waals surface area (Å²) in [5.41, 5.74) is 0.931. The largest absolute Gasteiger partial charge is 0.497 e. The molecular weight excluding hydrogens is 483 g/mol. The van der Waals surface area contributed by atoms with E-state index in [1.807, 2.05) is 31.2 Å². The van der Waals surface area contributed by atoms with Gasteiger partial charge in [-0.2, -0.15) is 5.10 Å². The second-order valence-corrected chi connectivity index (χ2v) is 6.28. The Kier molecular flexibility index (Phi) is 13.0. The summed E-state index contributed by atoms with van der Waals surface area (Å²) < 4.78 is 10.7. The third-order valence-corrected chi connectivity index (χ3v) is 4.01. The summed E-state index contributed by atoms with van der Waals surface area (Å²) >= 11 is 0. The molecule has 2 rings (SSSR count). The zero-order chi connectivity index (χ0) is 20.0. The number of halogens is 1. The molecule has 8 nitrogen and oxygen atoms in total. The molecule has 29 heavy (non-hydrogen) atoms. The van der Waals surface area contributed by atoms with E-state index in [-0.39, 0.29) is 24.0 Å². The second kappa shape index (κ2) is 15.0. The van der Waals surface area contributed by atoms with Gasteiger partial charge in [-0.1, -0.05) is 13.3 Å². The predicted molar refractivity (Wildman–Crippen MR) is 127 cm³/mol. The highest BCUT2D eigenvalue weighted by molar-refractivity contribution is 14.0. The highest BCUT2D eigenvalue weighted by Gasteiger charge is 2.06. The minimum Gasteiger partial charge on any atom is -0.497 e. The van der Waals surface area contributed by atoms with Crippen molar-refractivity contribution < 1.29 is 9.47 Å². The highest BCUT2D eigenvalue weighted by Crippen LogP contribution is 2.18. The van der Waals surface area contributed by atoms with Crippen LogP contribution in [0.25, 0.3) is 11.4 Å². The molecule has 1 aromatic heterocycles. The zero-order valence-electron chi connectivity index (χ0n) is 17.5. The smallest absolute Gasteiger partial charge is 0.191 e. The molecule has 0 fully saturated rings. The van der Waals surface area contributed by atoms with Crippen molar-refractivity contribution in [2.75, 3.05) is 33.4 Å². The first kappa shape index (κ1) is 25.2. The van der Waals surface area contributed by atoms with E-state index >= 15 is 0 Å². The lowest BCUT2D eigenvalue weighted by Crippen LogP contribution is -2.38. The molecule has 0 aliphatic heterocycles. The van der Waals surface area contributed by atoms with Gasteiger partial charge in [0, 0.05) is 31.9 Å². The van der Waals surface area contributed by atoms with E-state index in [1.54, 1.807) is 7.11 Å². The van der Waals surface area contributed by atoms with Crippen LogP contribution in [-0.4, -0.2) is 54.6 Å². The molecule has 0 atom stereocenters. The standard InChI is InChI=1S/C20H32N6O2.HI/c1-4-6-13-28-14-7-12-22-20(21-5-2)23-15-18-24-19(26-25-18)16-8-10-17(27-3)11-9-16;/h8-11H,4-7,12-15H2,1-3H3,(H2,21,22,23)(H,24,25,26);1H. The van der Waals surface area contributed by atoms with Gasteiger partial charge in [-0.3, -0.25) is 5.10 Å². The van der Waals surface area contributed by atoms with Crippen LogP contribution >= 0.6 is 24.0 Å². The van der Waals surface area contributed by atoms with Crippen molar-refractivity contribution in [1.82, 2.24) is 25.8 Å². The number of methoxy groups -OCH3 is 1. The maximum absolute atomic E-state index is 5.57. The molecule has 0 aliphatic carbocycles. The van der Waals surface area contributed by atoms with Crippen LogP contribution in [0.4, 0.5) is 0 Å². The molecule has 9 heteroatoms. The Balaban J connectivity index is 0.00000420. The van der Waals surface area contributed by atoms with Crippen molar-refractivity contribution in [3.8, 4) is 17.1 Å². The van der Waals surface area contributed by atoms with E-state index < -0.39 is 0 Å². The first-order valence-corrected chi connectivity index (χ1v) is 9.92. The number of rotatable bonds is 12. The average molecular weight is 516 g/mol. The highest BCUT2D eigenvalue weighted by atomic mass is 127. The number of guanidine groups is 1. The summed E-state index contributed by atoms with van der Waals surface area (Å²) in [7, 11) is 1.65. The number of ether oxygens (including phenoxy) is 2. The molecule has 0 radical (unpaired) electrons. The molecule has 0 aliphatic rings. The quantitative estimate of drug-likeness (QED) is 0.173. The van der Waals surface area contributed by atoms with Crippen LogP contribution in [0.3, 0.4) is 0 Å². The summed E-state index contributed by atoms with van der Waals surface area (Å²) in [5.74, 6) is 2.93. The van der Waals surface area contributed by atoms with E-state index in [9.17, 15) is 0 Å². The number of aromatic amines is 1. The Hall–Kier alpha value is -1.88. The molecule has 0 spiro atoms. The lowest BCUT2D eigenvalue weighted by atomic mass is 10.2. The summed E-state index contributed by atoms with van der Waals surface area (Å²) in [5, 5.41) is 13.8. The SMILES string of the molecule is CCCCOCCCNC(=NCc1nc(-c2ccc(OC)cc2)n[nH]1)NCC.I. The van der Waals surface area contributed by atoms with Gasteiger partial charge in [0.25, 0.3) is 0 Å². The molecule has 2 aromatic rings. The molecule has 1 heterocycles. The minimum absolute atomic E-state index is 0. The van der Waals surface area contributed by atoms with E-state index in [2.05, 4.69) is 37.7 Å². The summed E-state index contributed by atoms with van der Waals surface area (Å²) in [4.78, 5) is 9.08. The van der Waals surface area contributed by atoms with Gasteiger partial charge in [-0.05, 0) is 44.0 Å². The minimum atomic E-state index is 0. The molecule has 0 amide bonds. The first-order valence-electron chi connectivity index (χ1n) is 9.92. The van der Waals surface area contributed by atoms with Crippen LogP contribution in [0.5, 0.6) is 5.75 Å². The van der Waals surface area contributed by atoms with E-state index in [1.165, 1.54) is 0 Å². The molecule has 0 unspecified atom stereocenters. The van der Waals surface area contributed by atoms with Crippen molar-refractivity contribution in [3.05, 3.63) is 30.1 Å². The Morgan fingerprint density at radius 2 is 1.86 bits per heavy atom. The maximum atomic E-state index is 5.57. The van der Waals surface area contributed by atoms with Gasteiger partial charge >= 0.3 is 0 Å². The Bertz CT molecular complexity index is 705. The number of unbranched alkanes of at least 4 members (excludes halogenated alkanes) is 1. The fourth-order valence-electron chi connectivity index (χ4n) is 2.46. The van der Waals surface area contributed by atoms with Crippen molar-refractivity contribution in [2.24, 2.45) is 4.99 Å². The van der Waals surface area contributed by atoms with Crippen LogP contribution in [0.15, 0.2) is 29.3 Å². The predicted octanol–water partition coefficient (Wildman–Crippen LogP) is 3.36. The van der Waals surface area contributed by atoms with Gasteiger partial charge in [-0.15, -0.1) is 24.0 Å². The van der Waals surface area contributed by atoms with Crippen molar-refractivity contribution in [3.63, 3.8) is 0 Å². The molecule has 162 valence electrons. The van der Waals surface area contributed by atoms with Crippen molar-refractivity contribution in [1.29, 1.82) is 0 Å². The van der Waals surface area contributed by atoms with Crippen molar-refractivity contribution >= 4 is 29.9 Å². The monoisotopic (exact) mass is 516 g/mol. The fraction of sp³-hybridized carbons (Fsp3) is 0.550. The van der Waals surface area contributed by atoms with Crippen molar-refractivity contribution in [2.45, 2.75) is 39.7 Å². The Morgan fingerprint density at radius 3 is 2.55 bits per heavy atom. The van der Waals surface area contributed by atoms with E-state index in [0.29, 0.717) is 18.2 Å². The molecule has 0 saturated carbocycles. The zero-order valence-corrected chi connectivity index (χ0v) is 19.9. The van der Waals surface area contributed by atoms with Crippen LogP contribution < -0.4 is 15.4 Å². The third kappa shape index (κ3) is 9.44. The molecule has 3 N–H and O–H groups in total. The number of nitrogens with one attached hydrogen (secondary N) is 3.